The number of aryl methyl sites for hydroxylation is 1. The van der Waals surface area contributed by atoms with E-state index in [2.05, 4.69) is 34.3 Å². The molecule has 3 aromatic rings. The Morgan fingerprint density at radius 2 is 1.60 bits per heavy atom. The van der Waals surface area contributed by atoms with Crippen molar-refractivity contribution in [2.45, 2.75) is 31.9 Å². The summed E-state index contributed by atoms with van der Waals surface area (Å²) in [6, 6.07) is 19.2. The number of nitrogens with zero attached hydrogens (tertiary/aromatic N) is 2. The lowest BCUT2D eigenvalue weighted by atomic mass is 9.85. The van der Waals surface area contributed by atoms with E-state index in [4.69, 9.17) is 37.9 Å². The van der Waals surface area contributed by atoms with E-state index in [1.54, 1.807) is 25.3 Å². The van der Waals surface area contributed by atoms with Crippen LogP contribution in [0.4, 0.5) is 17.6 Å². The molecule has 1 saturated heterocycles. The molecule has 2 N–H and O–H groups in total. The van der Waals surface area contributed by atoms with Crippen LogP contribution in [-0.4, -0.2) is 72.4 Å². The van der Waals surface area contributed by atoms with Gasteiger partial charge in [0.2, 0.25) is 0 Å². The van der Waals surface area contributed by atoms with Crippen LogP contribution in [0.3, 0.4) is 0 Å². The van der Waals surface area contributed by atoms with E-state index in [1.165, 1.54) is 0 Å². The minimum Gasteiger partial charge on any atom is -0.478 e. The second kappa shape index (κ2) is 15.8. The molecule has 0 spiro atoms. The Bertz CT molecular complexity index is 1670. The van der Waals surface area contributed by atoms with Crippen molar-refractivity contribution >= 4 is 52.0 Å². The zero-order valence-corrected chi connectivity index (χ0v) is 26.8. The molecule has 7 nitrogen and oxygen atoms in total. The van der Waals surface area contributed by atoms with E-state index in [-0.39, 0.29) is 18.2 Å². The van der Waals surface area contributed by atoms with Gasteiger partial charge in [0.1, 0.15) is 7.11 Å². The number of carboxylic acids is 2. The quantitative estimate of drug-likeness (QED) is 0.133. The third kappa shape index (κ3) is 8.91. The first-order valence-corrected chi connectivity index (χ1v) is 15.4. The highest BCUT2D eigenvalue weighted by molar-refractivity contribution is 6.36. The molecular formula is C34H32Cl2F4N2O5. The van der Waals surface area contributed by atoms with Crippen molar-refractivity contribution in [3.05, 3.63) is 104 Å². The van der Waals surface area contributed by atoms with Crippen molar-refractivity contribution < 1.29 is 42.2 Å². The Hall–Kier alpha value is -3.93. The van der Waals surface area contributed by atoms with Gasteiger partial charge in [-0.3, -0.25) is 4.39 Å². The minimum atomic E-state index is -5.08. The summed E-state index contributed by atoms with van der Waals surface area (Å²) < 4.78 is 44.3. The predicted molar refractivity (Wildman–Crippen MR) is 173 cm³/mol. The number of allylic oxidation sites excluding steroid dienone is 1. The lowest BCUT2D eigenvalue weighted by molar-refractivity contribution is -0.192. The second-order valence-electron chi connectivity index (χ2n) is 11.0. The Morgan fingerprint density at radius 1 is 0.957 bits per heavy atom. The number of carbonyl (C=O) groups is 2. The van der Waals surface area contributed by atoms with Crippen LogP contribution in [0.5, 0.6) is 0 Å². The highest BCUT2D eigenvalue weighted by atomic mass is 35.5. The molecule has 0 radical (unpaired) electrons. The van der Waals surface area contributed by atoms with Gasteiger partial charge in [0.05, 0.1) is 17.9 Å². The molecule has 0 unspecified atom stereocenters. The van der Waals surface area contributed by atoms with Gasteiger partial charge in [-0.1, -0.05) is 64.8 Å². The molecular weight excluding hydrogens is 663 g/mol. The fourth-order valence-corrected chi connectivity index (χ4v) is 6.25. The summed E-state index contributed by atoms with van der Waals surface area (Å²) in [5, 5.41) is 22.2. The maximum absolute atomic E-state index is 12.6. The lowest BCUT2D eigenvalue weighted by Crippen LogP contribution is -2.50. The summed E-state index contributed by atoms with van der Waals surface area (Å²) in [6.45, 7) is 2.10. The van der Waals surface area contributed by atoms with E-state index in [0.29, 0.717) is 16.5 Å². The van der Waals surface area contributed by atoms with Gasteiger partial charge in [-0.05, 0) is 88.9 Å². The number of hydrogen-bond acceptors (Lipinski definition) is 5. The van der Waals surface area contributed by atoms with Crippen molar-refractivity contribution in [3.63, 3.8) is 0 Å². The van der Waals surface area contributed by atoms with Crippen LogP contribution in [0.1, 0.15) is 57.4 Å². The topological polar surface area (TPSA) is 99.4 Å². The lowest BCUT2D eigenvalue weighted by Gasteiger charge is -2.39. The molecule has 13 heteroatoms. The molecule has 0 bridgehead atoms. The fourth-order valence-electron chi connectivity index (χ4n) is 5.73. The molecule has 1 heterocycles. The smallest absolute Gasteiger partial charge is 0.478 e. The molecule has 47 heavy (non-hydrogen) atoms. The van der Waals surface area contributed by atoms with Gasteiger partial charge in [-0.2, -0.15) is 13.2 Å². The Labute approximate surface area is 279 Å². The highest BCUT2D eigenvalue weighted by Gasteiger charge is 2.38. The molecule has 250 valence electrons. The number of halogens is 6. The molecule has 0 aromatic heterocycles. The monoisotopic (exact) mass is 694 g/mol. The average molecular weight is 696 g/mol. The van der Waals surface area contributed by atoms with Crippen molar-refractivity contribution in [1.29, 1.82) is 0 Å². The molecule has 0 saturated carbocycles. The van der Waals surface area contributed by atoms with E-state index >= 15 is 0 Å². The highest BCUT2D eigenvalue weighted by Crippen LogP contribution is 2.42. The number of aromatic carboxylic acids is 1. The number of aliphatic carboxylic acids is 1. The molecule has 2 aliphatic rings. The van der Waals surface area contributed by atoms with Crippen molar-refractivity contribution in [2.24, 2.45) is 11.1 Å². The number of fused-ring (bicyclic) bond motifs is 1. The Morgan fingerprint density at radius 3 is 2.17 bits per heavy atom. The second-order valence-corrected chi connectivity index (χ2v) is 11.9. The van der Waals surface area contributed by atoms with E-state index < -0.39 is 18.1 Å². The van der Waals surface area contributed by atoms with Crippen LogP contribution in [-0.2, 0) is 16.1 Å². The van der Waals surface area contributed by atoms with Crippen LogP contribution in [0, 0.1) is 5.92 Å². The average Bonchev–Trinajstić information content (AvgIpc) is 3.19. The normalized spacial score (nSPS) is 15.6. The molecule has 1 aliphatic carbocycles. The van der Waals surface area contributed by atoms with E-state index in [0.717, 1.165) is 83.6 Å². The largest absolute Gasteiger partial charge is 0.490 e. The fraction of sp³-hybridized carbons (Fsp3) is 0.324. The van der Waals surface area contributed by atoms with Crippen LogP contribution in [0.15, 0.2) is 65.8 Å². The van der Waals surface area contributed by atoms with Gasteiger partial charge < -0.3 is 20.0 Å². The first-order valence-electron chi connectivity index (χ1n) is 14.7. The number of alkyl halides is 4. The number of oxime groups is 1. The van der Waals surface area contributed by atoms with E-state index in [9.17, 15) is 27.5 Å². The molecule has 1 aliphatic heterocycles. The van der Waals surface area contributed by atoms with Gasteiger partial charge in [0, 0.05) is 35.6 Å². The molecule has 1 fully saturated rings. The van der Waals surface area contributed by atoms with Gasteiger partial charge in [-0.15, -0.1) is 0 Å². The number of likely N-dealkylation sites (tertiary alicyclic amines) is 1. The molecule has 0 atom stereocenters. The number of benzene rings is 3. The SMILES string of the molecule is CO/N=C(\c1ccc(C2=C(c3ccc(Cl)cc3Cl)CCCc3cc(C(=O)O)ccc32)cc1)C1CN(CCCF)C1.O=C(O)C(F)(F)F. The Balaban J connectivity index is 0.000000644. The van der Waals surface area contributed by atoms with Crippen molar-refractivity contribution in [2.75, 3.05) is 33.4 Å². The summed E-state index contributed by atoms with van der Waals surface area (Å²) in [4.78, 5) is 28.0. The summed E-state index contributed by atoms with van der Waals surface area (Å²) >= 11 is 12.9. The maximum Gasteiger partial charge on any atom is 0.490 e. The van der Waals surface area contributed by atoms with Crippen LogP contribution in [0.2, 0.25) is 10.0 Å². The van der Waals surface area contributed by atoms with Gasteiger partial charge in [0.15, 0.2) is 0 Å². The number of hydrogen-bond donors (Lipinski definition) is 2. The Kier molecular flexibility index (Phi) is 12.1. The number of rotatable bonds is 9. The molecule has 5 rings (SSSR count). The third-order valence-corrected chi connectivity index (χ3v) is 8.45. The first-order chi connectivity index (χ1) is 22.3. The van der Waals surface area contributed by atoms with Gasteiger partial charge in [-0.25, -0.2) is 9.59 Å². The molecule has 0 amide bonds. The van der Waals surface area contributed by atoms with Gasteiger partial charge >= 0.3 is 18.1 Å². The van der Waals surface area contributed by atoms with Gasteiger partial charge in [0.25, 0.3) is 0 Å². The summed E-state index contributed by atoms with van der Waals surface area (Å²) in [7, 11) is 1.55. The molecule has 3 aromatic carbocycles. The minimum absolute atomic E-state index is 0.223. The summed E-state index contributed by atoms with van der Waals surface area (Å²) in [6.07, 6.45) is -2.14. The third-order valence-electron chi connectivity index (χ3n) is 7.91. The predicted octanol–water partition coefficient (Wildman–Crippen LogP) is 8.26. The zero-order valence-electron chi connectivity index (χ0n) is 25.3. The van der Waals surface area contributed by atoms with Crippen molar-refractivity contribution in [1.82, 2.24) is 4.90 Å². The summed E-state index contributed by atoms with van der Waals surface area (Å²) in [5.74, 6) is -3.47. The maximum atomic E-state index is 12.6. The van der Waals surface area contributed by atoms with Crippen LogP contribution < -0.4 is 0 Å². The first kappa shape index (κ1) is 35.9. The van der Waals surface area contributed by atoms with E-state index in [1.807, 2.05) is 18.2 Å². The standard InChI is InChI=1S/C32H31Cl2FN2O3.C2HF3O2/c1-40-36-31(24-18-37(19-24)15-3-14-35)21-8-6-20(7-9-21)30-26-12-10-23(32(38)39)16-22(26)4-2-5-28(30)27-13-11-25(33)17-29(27)34;3-2(4,5)1(6)7/h6-13,16-17,24H,2-5,14-15,18-19H2,1H3,(H,38,39);(H,6,7)/b36-31+;. The van der Waals surface area contributed by atoms with Crippen LogP contribution >= 0.6 is 23.2 Å². The summed E-state index contributed by atoms with van der Waals surface area (Å²) in [5.41, 5.74) is 8.21. The zero-order chi connectivity index (χ0) is 34.3. The number of carboxylic acid groups (broad SMARTS) is 2. The van der Waals surface area contributed by atoms with Crippen molar-refractivity contribution in [3.8, 4) is 0 Å². The van der Waals surface area contributed by atoms with Crippen LogP contribution in [0.25, 0.3) is 11.1 Å².